The van der Waals surface area contributed by atoms with E-state index in [0.717, 1.165) is 11.1 Å². The Morgan fingerprint density at radius 1 is 1.15 bits per heavy atom. The van der Waals surface area contributed by atoms with Gasteiger partial charge in [0.2, 0.25) is 11.8 Å². The summed E-state index contributed by atoms with van der Waals surface area (Å²) >= 11 is 0. The average molecular weight is 359 g/mol. The number of carbonyl (C=O) groups is 2. The number of amides is 2. The first-order valence-electron chi connectivity index (χ1n) is 9.03. The molecule has 3 unspecified atom stereocenters. The van der Waals surface area contributed by atoms with Crippen LogP contribution in [0.1, 0.15) is 24.8 Å². The van der Waals surface area contributed by atoms with Crippen LogP contribution < -0.4 is 4.90 Å². The van der Waals surface area contributed by atoms with Crippen molar-refractivity contribution in [2.75, 3.05) is 4.90 Å². The van der Waals surface area contributed by atoms with E-state index in [1.165, 1.54) is 4.90 Å². The molecule has 4 nitrogen and oxygen atoms in total. The van der Waals surface area contributed by atoms with Gasteiger partial charge in [-0.15, -0.1) is 0 Å². The number of hydrogen-bond acceptors (Lipinski definition) is 3. The number of phenolic OH excluding ortho intramolecular Hbond substituents is 1. The Balaban J connectivity index is 1.88. The number of aromatic hydroxyl groups is 1. The third-order valence-corrected chi connectivity index (χ3v) is 5.88. The van der Waals surface area contributed by atoms with Gasteiger partial charge in [-0.2, -0.15) is 0 Å². The van der Waals surface area contributed by atoms with Gasteiger partial charge >= 0.3 is 0 Å². The summed E-state index contributed by atoms with van der Waals surface area (Å²) in [6, 6.07) is 16.0. The minimum absolute atomic E-state index is 0.137. The Bertz CT molecular complexity index is 963. The van der Waals surface area contributed by atoms with E-state index in [-0.39, 0.29) is 23.5 Å². The van der Waals surface area contributed by atoms with E-state index in [1.54, 1.807) is 36.4 Å². The second kappa shape index (κ2) is 6.23. The zero-order chi connectivity index (χ0) is 19.2. The molecule has 2 amide bonds. The monoisotopic (exact) mass is 359 g/mol. The molecule has 1 aliphatic heterocycles. The fraction of sp³-hybridized carbons (Fsp3) is 0.217. The first kappa shape index (κ1) is 17.3. The fourth-order valence-corrected chi connectivity index (χ4v) is 4.56. The topological polar surface area (TPSA) is 57.6 Å². The molecule has 1 aliphatic carbocycles. The van der Waals surface area contributed by atoms with Crippen LogP contribution in [-0.4, -0.2) is 16.9 Å². The standard InChI is InChI=1S/C23H21NO3/c1-3-15-12-13-19-21(26)24(17-9-5-4-6-10-17)22(27)23(19,2)20(15)16-8-7-11-18(25)14-16/h3-12,14,19-20,25H,1,13H2,2H3. The molecule has 0 saturated carbocycles. The summed E-state index contributed by atoms with van der Waals surface area (Å²) in [4.78, 5) is 28.1. The van der Waals surface area contributed by atoms with Gasteiger partial charge in [-0.05, 0) is 48.7 Å². The summed E-state index contributed by atoms with van der Waals surface area (Å²) in [5.74, 6) is -1.02. The van der Waals surface area contributed by atoms with Crippen LogP contribution in [0.4, 0.5) is 5.69 Å². The van der Waals surface area contributed by atoms with Crippen LogP contribution in [0.25, 0.3) is 0 Å². The number of carbonyl (C=O) groups excluding carboxylic acids is 2. The van der Waals surface area contributed by atoms with Crippen molar-refractivity contribution in [1.29, 1.82) is 0 Å². The van der Waals surface area contributed by atoms with Gasteiger partial charge in [0.15, 0.2) is 0 Å². The maximum absolute atomic E-state index is 13.6. The summed E-state index contributed by atoms with van der Waals surface area (Å²) in [6.07, 6.45) is 4.24. The zero-order valence-corrected chi connectivity index (χ0v) is 15.1. The van der Waals surface area contributed by atoms with Crippen molar-refractivity contribution in [2.24, 2.45) is 11.3 Å². The molecule has 4 rings (SSSR count). The number of nitrogens with zero attached hydrogens (tertiary/aromatic N) is 1. The number of allylic oxidation sites excluding steroid dienone is 3. The van der Waals surface area contributed by atoms with E-state index in [1.807, 2.05) is 37.3 Å². The molecule has 1 N–H and O–H groups in total. The molecule has 1 fully saturated rings. The summed E-state index contributed by atoms with van der Waals surface area (Å²) in [7, 11) is 0. The van der Waals surface area contributed by atoms with Crippen LogP contribution in [0.3, 0.4) is 0 Å². The third kappa shape index (κ3) is 2.44. The predicted octanol–water partition coefficient (Wildman–Crippen LogP) is 4.19. The number of benzene rings is 2. The van der Waals surface area contributed by atoms with E-state index in [0.29, 0.717) is 12.1 Å². The highest BCUT2D eigenvalue weighted by atomic mass is 16.3. The smallest absolute Gasteiger partial charge is 0.241 e. The number of para-hydroxylation sites is 1. The average Bonchev–Trinajstić information content (AvgIpc) is 2.87. The summed E-state index contributed by atoms with van der Waals surface area (Å²) in [5.41, 5.74) is 1.39. The SMILES string of the molecule is C=CC1=CCC2C(=O)N(c3ccccc3)C(=O)C2(C)C1c1cccc(O)c1. The maximum Gasteiger partial charge on any atom is 0.241 e. The summed E-state index contributed by atoms with van der Waals surface area (Å²) in [5, 5.41) is 9.97. The van der Waals surface area contributed by atoms with Gasteiger partial charge in [-0.1, -0.05) is 49.1 Å². The minimum Gasteiger partial charge on any atom is -0.508 e. The summed E-state index contributed by atoms with van der Waals surface area (Å²) in [6.45, 7) is 5.78. The quantitative estimate of drug-likeness (QED) is 0.836. The Morgan fingerprint density at radius 3 is 2.56 bits per heavy atom. The molecule has 27 heavy (non-hydrogen) atoms. The Kier molecular flexibility index (Phi) is 3.99. The highest BCUT2D eigenvalue weighted by Gasteiger charge is 2.62. The fourth-order valence-electron chi connectivity index (χ4n) is 4.56. The molecule has 136 valence electrons. The maximum atomic E-state index is 13.6. The number of rotatable bonds is 3. The van der Waals surface area contributed by atoms with Crippen molar-refractivity contribution in [3.63, 3.8) is 0 Å². The van der Waals surface area contributed by atoms with Gasteiger partial charge in [-0.25, -0.2) is 4.90 Å². The van der Waals surface area contributed by atoms with Gasteiger partial charge in [0, 0.05) is 5.92 Å². The van der Waals surface area contributed by atoms with Gasteiger partial charge in [-0.3, -0.25) is 9.59 Å². The Morgan fingerprint density at radius 2 is 1.89 bits per heavy atom. The molecule has 0 radical (unpaired) electrons. The normalized spacial score (nSPS) is 27.3. The minimum atomic E-state index is -0.932. The van der Waals surface area contributed by atoms with Crippen molar-refractivity contribution < 1.29 is 14.7 Å². The second-order valence-corrected chi connectivity index (χ2v) is 7.32. The number of fused-ring (bicyclic) bond motifs is 1. The van der Waals surface area contributed by atoms with Crippen molar-refractivity contribution >= 4 is 17.5 Å². The molecular formula is C23H21NO3. The molecule has 0 spiro atoms. The van der Waals surface area contributed by atoms with Crippen molar-refractivity contribution in [1.82, 2.24) is 0 Å². The Hall–Kier alpha value is -3.14. The molecule has 0 aromatic heterocycles. The molecule has 2 aromatic carbocycles. The van der Waals surface area contributed by atoms with Crippen molar-refractivity contribution in [2.45, 2.75) is 19.3 Å². The number of phenols is 1. The molecule has 4 heteroatoms. The molecule has 0 bridgehead atoms. The van der Waals surface area contributed by atoms with E-state index in [9.17, 15) is 14.7 Å². The van der Waals surface area contributed by atoms with Crippen LogP contribution in [0.15, 0.2) is 78.9 Å². The lowest BCUT2D eigenvalue weighted by Gasteiger charge is -2.40. The van der Waals surface area contributed by atoms with Crippen LogP contribution >= 0.6 is 0 Å². The molecule has 1 heterocycles. The lowest BCUT2D eigenvalue weighted by molar-refractivity contribution is -0.127. The third-order valence-electron chi connectivity index (χ3n) is 5.88. The van der Waals surface area contributed by atoms with E-state index < -0.39 is 11.3 Å². The number of hydrogen-bond donors (Lipinski definition) is 1. The van der Waals surface area contributed by atoms with Gasteiger partial charge in [0.25, 0.3) is 0 Å². The largest absolute Gasteiger partial charge is 0.508 e. The van der Waals surface area contributed by atoms with Gasteiger partial charge in [0.05, 0.1) is 17.0 Å². The van der Waals surface area contributed by atoms with Gasteiger partial charge in [0.1, 0.15) is 5.75 Å². The highest BCUT2D eigenvalue weighted by molar-refractivity contribution is 6.24. The van der Waals surface area contributed by atoms with Crippen LogP contribution in [-0.2, 0) is 9.59 Å². The number of imide groups is 1. The van der Waals surface area contributed by atoms with Crippen LogP contribution in [0, 0.1) is 11.3 Å². The Labute approximate surface area is 158 Å². The lowest BCUT2D eigenvalue weighted by atomic mass is 9.60. The van der Waals surface area contributed by atoms with E-state index in [2.05, 4.69) is 6.58 Å². The number of anilines is 1. The highest BCUT2D eigenvalue weighted by Crippen LogP contribution is 2.56. The first-order chi connectivity index (χ1) is 13.0. The molecule has 2 aromatic rings. The summed E-state index contributed by atoms with van der Waals surface area (Å²) < 4.78 is 0. The zero-order valence-electron chi connectivity index (χ0n) is 15.1. The van der Waals surface area contributed by atoms with Gasteiger partial charge < -0.3 is 5.11 Å². The van der Waals surface area contributed by atoms with E-state index >= 15 is 0 Å². The van der Waals surface area contributed by atoms with E-state index in [4.69, 9.17) is 0 Å². The van der Waals surface area contributed by atoms with Crippen LogP contribution in [0.2, 0.25) is 0 Å². The molecule has 1 saturated heterocycles. The molecular weight excluding hydrogens is 338 g/mol. The first-order valence-corrected chi connectivity index (χ1v) is 9.03. The second-order valence-electron chi connectivity index (χ2n) is 7.32. The predicted molar refractivity (Wildman–Crippen MR) is 104 cm³/mol. The van der Waals surface area contributed by atoms with Crippen LogP contribution in [0.5, 0.6) is 5.75 Å². The molecule has 2 aliphatic rings. The molecule has 3 atom stereocenters. The van der Waals surface area contributed by atoms with Crippen molar-refractivity contribution in [3.05, 3.63) is 84.5 Å². The van der Waals surface area contributed by atoms with Crippen molar-refractivity contribution in [3.8, 4) is 5.75 Å². The lowest BCUT2D eigenvalue weighted by Crippen LogP contribution is -2.41.